The van der Waals surface area contributed by atoms with Gasteiger partial charge in [0.05, 0.1) is 0 Å². The van der Waals surface area contributed by atoms with Gasteiger partial charge in [-0.15, -0.1) is 0 Å². The van der Waals surface area contributed by atoms with Crippen LogP contribution >= 0.6 is 11.6 Å². The summed E-state index contributed by atoms with van der Waals surface area (Å²) in [4.78, 5) is 26.8. The summed E-state index contributed by atoms with van der Waals surface area (Å²) in [6.07, 6.45) is 0.511. The smallest absolute Gasteiger partial charge is 0.239 e. The van der Waals surface area contributed by atoms with E-state index in [1.165, 1.54) is 5.56 Å². The fourth-order valence-electron chi connectivity index (χ4n) is 3.01. The van der Waals surface area contributed by atoms with Crippen LogP contribution in [-0.2, 0) is 9.59 Å². The zero-order valence-corrected chi connectivity index (χ0v) is 15.1. The largest absolute Gasteiger partial charge is 0.325 e. The first kappa shape index (κ1) is 17.5. The van der Waals surface area contributed by atoms with Crippen molar-refractivity contribution in [2.45, 2.75) is 26.2 Å². The van der Waals surface area contributed by atoms with Gasteiger partial charge in [0, 0.05) is 22.9 Å². The molecule has 25 heavy (non-hydrogen) atoms. The van der Waals surface area contributed by atoms with E-state index in [0.29, 0.717) is 29.6 Å². The molecule has 2 aromatic carbocycles. The van der Waals surface area contributed by atoms with Crippen LogP contribution in [0.2, 0.25) is 5.02 Å². The molecule has 1 saturated heterocycles. The topological polar surface area (TPSA) is 49.4 Å². The van der Waals surface area contributed by atoms with Gasteiger partial charge >= 0.3 is 0 Å². The van der Waals surface area contributed by atoms with Crippen LogP contribution in [0.1, 0.15) is 31.7 Å². The highest BCUT2D eigenvalue weighted by atomic mass is 35.5. The van der Waals surface area contributed by atoms with Gasteiger partial charge in [0.2, 0.25) is 11.8 Å². The average molecular weight is 357 g/mol. The van der Waals surface area contributed by atoms with Crippen molar-refractivity contribution in [1.82, 2.24) is 0 Å². The third-order valence-corrected chi connectivity index (χ3v) is 4.72. The molecule has 0 aromatic heterocycles. The number of amides is 2. The number of carbonyl (C=O) groups excluding carboxylic acids is 2. The van der Waals surface area contributed by atoms with Gasteiger partial charge in [0.25, 0.3) is 0 Å². The average Bonchev–Trinajstić information content (AvgIpc) is 2.96. The van der Waals surface area contributed by atoms with E-state index in [1.54, 1.807) is 29.2 Å². The molecule has 0 spiro atoms. The molecule has 0 saturated carbocycles. The summed E-state index contributed by atoms with van der Waals surface area (Å²) in [5, 5.41) is 3.32. The fourth-order valence-corrected chi connectivity index (χ4v) is 3.20. The predicted octanol–water partition coefficient (Wildman–Crippen LogP) is 4.46. The Bertz CT molecular complexity index is 787. The molecule has 1 unspecified atom stereocenters. The molecule has 2 amide bonds. The maximum absolute atomic E-state index is 12.7. The summed E-state index contributed by atoms with van der Waals surface area (Å²) >= 11 is 5.93. The minimum atomic E-state index is -0.663. The van der Waals surface area contributed by atoms with Gasteiger partial charge in [-0.25, -0.2) is 0 Å². The van der Waals surface area contributed by atoms with Crippen molar-refractivity contribution in [2.24, 2.45) is 5.92 Å². The minimum absolute atomic E-state index is 0.156. The molecule has 1 fully saturated rings. The van der Waals surface area contributed by atoms with E-state index < -0.39 is 5.92 Å². The minimum Gasteiger partial charge on any atom is -0.325 e. The maximum atomic E-state index is 12.7. The molecule has 5 heteroatoms. The molecule has 2 aromatic rings. The molecule has 4 nitrogen and oxygen atoms in total. The van der Waals surface area contributed by atoms with Crippen molar-refractivity contribution in [3.63, 3.8) is 0 Å². The standard InChI is InChI=1S/C20H21ClN2O2/c1-13(2)14-6-8-17(9-7-14)23-11-10-18(20(23)25)19(24)22-16-5-3-4-15(21)12-16/h3-9,12-13,18H,10-11H2,1-2H3,(H,22,24). The van der Waals surface area contributed by atoms with Crippen LogP contribution in [0.3, 0.4) is 0 Å². The Labute approximate surface area is 152 Å². The number of anilines is 2. The lowest BCUT2D eigenvalue weighted by molar-refractivity contribution is -0.129. The Hall–Kier alpha value is -2.33. The molecule has 0 radical (unpaired) electrons. The van der Waals surface area contributed by atoms with Crippen molar-refractivity contribution in [2.75, 3.05) is 16.8 Å². The van der Waals surface area contributed by atoms with Gasteiger partial charge in [-0.05, 0) is 48.2 Å². The summed E-state index contributed by atoms with van der Waals surface area (Å²) < 4.78 is 0. The summed E-state index contributed by atoms with van der Waals surface area (Å²) in [6.45, 7) is 4.81. The van der Waals surface area contributed by atoms with Gasteiger partial charge in [0.15, 0.2) is 0 Å². The molecule has 3 rings (SSSR count). The van der Waals surface area contributed by atoms with Gasteiger partial charge in [0.1, 0.15) is 5.92 Å². The van der Waals surface area contributed by atoms with E-state index in [0.717, 1.165) is 5.69 Å². The monoisotopic (exact) mass is 356 g/mol. The Kier molecular flexibility index (Phi) is 5.09. The molecular weight excluding hydrogens is 336 g/mol. The van der Waals surface area contributed by atoms with Crippen molar-refractivity contribution in [3.8, 4) is 0 Å². The number of benzene rings is 2. The first-order valence-electron chi connectivity index (χ1n) is 8.43. The van der Waals surface area contributed by atoms with Gasteiger partial charge < -0.3 is 10.2 Å². The lowest BCUT2D eigenvalue weighted by Gasteiger charge is -2.18. The van der Waals surface area contributed by atoms with E-state index in [9.17, 15) is 9.59 Å². The first-order chi connectivity index (χ1) is 12.0. The van der Waals surface area contributed by atoms with E-state index >= 15 is 0 Å². The Morgan fingerprint density at radius 3 is 2.56 bits per heavy atom. The second-order valence-electron chi connectivity index (χ2n) is 6.58. The Morgan fingerprint density at radius 2 is 1.92 bits per heavy atom. The summed E-state index contributed by atoms with van der Waals surface area (Å²) in [7, 11) is 0. The Balaban J connectivity index is 1.69. The van der Waals surface area contributed by atoms with Crippen LogP contribution in [0.4, 0.5) is 11.4 Å². The van der Waals surface area contributed by atoms with Crippen LogP contribution < -0.4 is 10.2 Å². The van der Waals surface area contributed by atoms with E-state index in [-0.39, 0.29) is 11.8 Å². The maximum Gasteiger partial charge on any atom is 0.239 e. The van der Waals surface area contributed by atoms with Crippen molar-refractivity contribution in [1.29, 1.82) is 0 Å². The van der Waals surface area contributed by atoms with E-state index in [2.05, 4.69) is 19.2 Å². The Morgan fingerprint density at radius 1 is 1.20 bits per heavy atom. The van der Waals surface area contributed by atoms with Gasteiger partial charge in [-0.3, -0.25) is 9.59 Å². The zero-order valence-electron chi connectivity index (χ0n) is 14.3. The lowest BCUT2D eigenvalue weighted by Crippen LogP contribution is -2.33. The second kappa shape index (κ2) is 7.28. The predicted molar refractivity (Wildman–Crippen MR) is 101 cm³/mol. The third-order valence-electron chi connectivity index (χ3n) is 4.49. The van der Waals surface area contributed by atoms with Crippen LogP contribution in [-0.4, -0.2) is 18.4 Å². The number of carbonyl (C=O) groups is 2. The molecule has 130 valence electrons. The van der Waals surface area contributed by atoms with Crippen LogP contribution in [0.15, 0.2) is 48.5 Å². The summed E-state index contributed by atoms with van der Waals surface area (Å²) in [6, 6.07) is 14.9. The van der Waals surface area contributed by atoms with E-state index in [1.807, 2.05) is 24.3 Å². The number of halogens is 1. The molecular formula is C20H21ClN2O2. The molecule has 0 aliphatic carbocycles. The fraction of sp³-hybridized carbons (Fsp3) is 0.300. The highest BCUT2D eigenvalue weighted by Gasteiger charge is 2.37. The highest BCUT2D eigenvalue weighted by molar-refractivity contribution is 6.31. The second-order valence-corrected chi connectivity index (χ2v) is 7.01. The van der Waals surface area contributed by atoms with Crippen LogP contribution in [0.5, 0.6) is 0 Å². The molecule has 1 heterocycles. The van der Waals surface area contributed by atoms with Crippen molar-refractivity contribution < 1.29 is 9.59 Å². The van der Waals surface area contributed by atoms with Gasteiger partial charge in [-0.1, -0.05) is 43.6 Å². The third kappa shape index (κ3) is 3.85. The quantitative estimate of drug-likeness (QED) is 0.822. The van der Waals surface area contributed by atoms with Crippen LogP contribution in [0.25, 0.3) is 0 Å². The van der Waals surface area contributed by atoms with Crippen LogP contribution in [0, 0.1) is 5.92 Å². The number of nitrogens with zero attached hydrogens (tertiary/aromatic N) is 1. The molecule has 1 N–H and O–H groups in total. The lowest BCUT2D eigenvalue weighted by atomic mass is 10.0. The normalized spacial score (nSPS) is 17.2. The molecule has 1 aliphatic heterocycles. The summed E-state index contributed by atoms with van der Waals surface area (Å²) in [5.41, 5.74) is 2.67. The van der Waals surface area contributed by atoms with E-state index in [4.69, 9.17) is 11.6 Å². The number of hydrogen-bond donors (Lipinski definition) is 1. The summed E-state index contributed by atoms with van der Waals surface area (Å²) in [5.74, 6) is -0.659. The number of rotatable bonds is 4. The van der Waals surface area contributed by atoms with Crippen molar-refractivity contribution in [3.05, 3.63) is 59.1 Å². The molecule has 1 atom stereocenters. The number of nitrogens with one attached hydrogen (secondary N) is 1. The van der Waals surface area contributed by atoms with Crippen molar-refractivity contribution >= 4 is 34.8 Å². The first-order valence-corrected chi connectivity index (χ1v) is 8.81. The molecule has 1 aliphatic rings. The van der Waals surface area contributed by atoms with Gasteiger partial charge in [-0.2, -0.15) is 0 Å². The zero-order chi connectivity index (χ0) is 18.0. The SMILES string of the molecule is CC(C)c1ccc(N2CCC(C(=O)Nc3cccc(Cl)c3)C2=O)cc1. The molecule has 0 bridgehead atoms. The highest BCUT2D eigenvalue weighted by Crippen LogP contribution is 2.28. The number of hydrogen-bond acceptors (Lipinski definition) is 2.